The average Bonchev–Trinajstić information content (AvgIpc) is 2.21. The molecule has 0 heterocycles. The van der Waals surface area contributed by atoms with Crippen LogP contribution >= 0.6 is 23.2 Å². The molecule has 0 aliphatic rings. The van der Waals surface area contributed by atoms with Crippen LogP contribution in [0, 0.1) is 0 Å². The van der Waals surface area contributed by atoms with Crippen LogP contribution in [0.2, 0.25) is 10.0 Å². The zero-order valence-corrected chi connectivity index (χ0v) is 12.3. The van der Waals surface area contributed by atoms with Gasteiger partial charge in [-0.05, 0) is 48.4 Å². The van der Waals surface area contributed by atoms with Crippen LogP contribution in [0.15, 0.2) is 12.1 Å². The second-order valence-electron chi connectivity index (χ2n) is 5.43. The van der Waals surface area contributed by atoms with Crippen molar-refractivity contribution in [3.8, 4) is 0 Å². The van der Waals surface area contributed by atoms with Crippen LogP contribution in [0.1, 0.15) is 44.7 Å². The van der Waals surface area contributed by atoms with E-state index in [-0.39, 0.29) is 5.41 Å². The van der Waals surface area contributed by atoms with Crippen LogP contribution in [-0.2, 0) is 11.8 Å². The predicted octanol–water partition coefficient (Wildman–Crippen LogP) is 4.57. The van der Waals surface area contributed by atoms with E-state index in [1.807, 2.05) is 6.07 Å². The van der Waals surface area contributed by atoms with Gasteiger partial charge in [0.2, 0.25) is 0 Å². The Morgan fingerprint density at radius 1 is 1.12 bits per heavy atom. The lowest BCUT2D eigenvalue weighted by Gasteiger charge is -2.22. The fourth-order valence-electron chi connectivity index (χ4n) is 1.81. The van der Waals surface area contributed by atoms with Crippen LogP contribution in [-0.4, -0.2) is 6.54 Å². The number of unbranched alkanes of at least 4 members (excludes halogenated alkanes) is 1. The molecule has 1 rings (SSSR count). The molecule has 96 valence electrons. The van der Waals surface area contributed by atoms with Crippen LogP contribution in [0.5, 0.6) is 0 Å². The average molecular weight is 274 g/mol. The topological polar surface area (TPSA) is 26.0 Å². The van der Waals surface area contributed by atoms with Crippen molar-refractivity contribution in [2.45, 2.75) is 45.4 Å². The maximum atomic E-state index is 6.26. The van der Waals surface area contributed by atoms with Crippen molar-refractivity contribution in [3.63, 3.8) is 0 Å². The van der Waals surface area contributed by atoms with Gasteiger partial charge in [-0.15, -0.1) is 0 Å². The van der Waals surface area contributed by atoms with E-state index < -0.39 is 0 Å². The van der Waals surface area contributed by atoms with E-state index in [1.165, 1.54) is 5.56 Å². The molecule has 17 heavy (non-hydrogen) atoms. The molecule has 1 nitrogen and oxygen atoms in total. The number of aryl methyl sites for hydroxylation is 1. The van der Waals surface area contributed by atoms with Crippen LogP contribution in [0.3, 0.4) is 0 Å². The summed E-state index contributed by atoms with van der Waals surface area (Å²) in [6, 6.07) is 4.14. The predicted molar refractivity (Wildman–Crippen MR) is 77.2 cm³/mol. The molecule has 0 radical (unpaired) electrons. The van der Waals surface area contributed by atoms with E-state index >= 15 is 0 Å². The summed E-state index contributed by atoms with van der Waals surface area (Å²) in [7, 11) is 0. The van der Waals surface area contributed by atoms with Crippen molar-refractivity contribution in [1.29, 1.82) is 0 Å². The highest BCUT2D eigenvalue weighted by atomic mass is 35.5. The molecule has 3 heteroatoms. The van der Waals surface area contributed by atoms with Gasteiger partial charge in [0.1, 0.15) is 0 Å². The van der Waals surface area contributed by atoms with Gasteiger partial charge >= 0.3 is 0 Å². The number of hydrogen-bond donors (Lipinski definition) is 1. The molecule has 0 saturated carbocycles. The van der Waals surface area contributed by atoms with E-state index in [1.54, 1.807) is 0 Å². The zero-order valence-electron chi connectivity index (χ0n) is 10.8. The molecule has 0 unspecified atom stereocenters. The molecule has 0 saturated heterocycles. The first-order chi connectivity index (χ1) is 7.86. The second-order valence-corrected chi connectivity index (χ2v) is 6.22. The van der Waals surface area contributed by atoms with Gasteiger partial charge in [0.05, 0.1) is 10.0 Å². The van der Waals surface area contributed by atoms with Crippen molar-refractivity contribution in [3.05, 3.63) is 33.3 Å². The molecule has 0 atom stereocenters. The highest BCUT2D eigenvalue weighted by Gasteiger charge is 2.19. The Morgan fingerprint density at radius 2 is 1.76 bits per heavy atom. The first kappa shape index (κ1) is 14.8. The molecule has 0 fully saturated rings. The fraction of sp³-hybridized carbons (Fsp3) is 0.571. The molecule has 0 amide bonds. The third kappa shape index (κ3) is 4.17. The number of nitrogens with two attached hydrogens (primary N) is 1. The summed E-state index contributed by atoms with van der Waals surface area (Å²) < 4.78 is 0. The van der Waals surface area contributed by atoms with E-state index in [0.717, 1.165) is 31.4 Å². The summed E-state index contributed by atoms with van der Waals surface area (Å²) >= 11 is 12.4. The van der Waals surface area contributed by atoms with Crippen molar-refractivity contribution >= 4 is 23.2 Å². The Balaban J connectivity index is 2.98. The number of hydrogen-bond acceptors (Lipinski definition) is 1. The lowest BCUT2D eigenvalue weighted by Crippen LogP contribution is -2.12. The molecule has 1 aromatic rings. The smallest absolute Gasteiger partial charge is 0.0629 e. The van der Waals surface area contributed by atoms with Crippen LogP contribution < -0.4 is 5.73 Å². The van der Waals surface area contributed by atoms with Gasteiger partial charge in [-0.1, -0.05) is 50.0 Å². The Hall–Kier alpha value is -0.240. The van der Waals surface area contributed by atoms with E-state index in [0.29, 0.717) is 10.0 Å². The summed E-state index contributed by atoms with van der Waals surface area (Å²) in [5.74, 6) is 0. The quantitative estimate of drug-likeness (QED) is 0.799. The normalized spacial score (nSPS) is 11.9. The lowest BCUT2D eigenvalue weighted by molar-refractivity contribution is 0.589. The van der Waals surface area contributed by atoms with E-state index in [4.69, 9.17) is 28.9 Å². The molecule has 1 aromatic carbocycles. The van der Waals surface area contributed by atoms with Crippen molar-refractivity contribution in [2.75, 3.05) is 6.54 Å². The monoisotopic (exact) mass is 273 g/mol. The number of rotatable bonds is 4. The molecule has 0 bridgehead atoms. The van der Waals surface area contributed by atoms with E-state index in [9.17, 15) is 0 Å². The molecular weight excluding hydrogens is 253 g/mol. The van der Waals surface area contributed by atoms with E-state index in [2.05, 4.69) is 26.8 Å². The van der Waals surface area contributed by atoms with Gasteiger partial charge in [-0.25, -0.2) is 0 Å². The largest absolute Gasteiger partial charge is 0.330 e. The molecule has 0 aliphatic heterocycles. The highest BCUT2D eigenvalue weighted by Crippen LogP contribution is 2.35. The van der Waals surface area contributed by atoms with Crippen molar-refractivity contribution < 1.29 is 0 Å². The highest BCUT2D eigenvalue weighted by molar-refractivity contribution is 6.42. The van der Waals surface area contributed by atoms with Crippen molar-refractivity contribution in [1.82, 2.24) is 0 Å². The number of halogens is 2. The molecule has 0 spiro atoms. The summed E-state index contributed by atoms with van der Waals surface area (Å²) in [5.41, 5.74) is 7.88. The minimum Gasteiger partial charge on any atom is -0.330 e. The summed E-state index contributed by atoms with van der Waals surface area (Å²) in [6.45, 7) is 7.18. The summed E-state index contributed by atoms with van der Waals surface area (Å²) in [6.07, 6.45) is 3.15. The van der Waals surface area contributed by atoms with Crippen molar-refractivity contribution in [2.24, 2.45) is 5.73 Å². The lowest BCUT2D eigenvalue weighted by atomic mass is 9.85. The molecule has 2 N–H and O–H groups in total. The van der Waals surface area contributed by atoms with Crippen LogP contribution in [0.25, 0.3) is 0 Å². The second kappa shape index (κ2) is 6.08. The summed E-state index contributed by atoms with van der Waals surface area (Å²) in [4.78, 5) is 0. The Morgan fingerprint density at radius 3 is 2.29 bits per heavy atom. The van der Waals surface area contributed by atoms with Gasteiger partial charge in [0, 0.05) is 0 Å². The SMILES string of the molecule is CC(C)(C)c1cc(CCCCN)cc(Cl)c1Cl. The third-order valence-corrected chi connectivity index (χ3v) is 3.62. The van der Waals surface area contributed by atoms with Gasteiger partial charge in [0.15, 0.2) is 0 Å². The number of benzene rings is 1. The maximum absolute atomic E-state index is 6.26. The third-order valence-electron chi connectivity index (χ3n) is 2.82. The Kier molecular flexibility index (Phi) is 5.30. The first-order valence-corrected chi connectivity index (χ1v) is 6.80. The minimum absolute atomic E-state index is 0.0185. The Labute approximate surface area is 114 Å². The molecule has 0 aromatic heterocycles. The molecule has 0 aliphatic carbocycles. The van der Waals surface area contributed by atoms with Gasteiger partial charge < -0.3 is 5.73 Å². The first-order valence-electron chi connectivity index (χ1n) is 6.04. The Bertz CT molecular complexity index is 381. The van der Waals surface area contributed by atoms with Gasteiger partial charge in [-0.3, -0.25) is 0 Å². The van der Waals surface area contributed by atoms with Gasteiger partial charge in [-0.2, -0.15) is 0 Å². The van der Waals surface area contributed by atoms with Gasteiger partial charge in [0.25, 0.3) is 0 Å². The molecular formula is C14H21Cl2N. The standard InChI is InChI=1S/C14H21Cl2N/c1-14(2,3)11-8-10(6-4-5-7-17)9-12(15)13(11)16/h8-9H,4-7,17H2,1-3H3. The minimum atomic E-state index is 0.0185. The summed E-state index contributed by atoms with van der Waals surface area (Å²) in [5, 5.41) is 1.34. The van der Waals surface area contributed by atoms with Crippen LogP contribution in [0.4, 0.5) is 0 Å². The zero-order chi connectivity index (χ0) is 13.1. The fourth-order valence-corrected chi connectivity index (χ4v) is 2.44. The maximum Gasteiger partial charge on any atom is 0.0629 e.